The molecule has 0 radical (unpaired) electrons. The highest BCUT2D eigenvalue weighted by Crippen LogP contribution is 2.36. The summed E-state index contributed by atoms with van der Waals surface area (Å²) in [4.78, 5) is 9.77. The minimum atomic E-state index is 0.680. The summed E-state index contributed by atoms with van der Waals surface area (Å²) < 4.78 is 0. The molecule has 3 N–H and O–H groups in total. The number of rotatable bonds is 2. The molecule has 0 saturated heterocycles. The first kappa shape index (κ1) is 12.1. The maximum Gasteiger partial charge on any atom is 0.153 e. The quantitative estimate of drug-likeness (QED) is 0.554. The monoisotopic (exact) mass is 270 g/mol. The molecule has 0 amide bonds. The molecule has 19 heavy (non-hydrogen) atoms. The first-order valence-electron chi connectivity index (χ1n) is 5.98. The van der Waals surface area contributed by atoms with Crippen LogP contribution in [-0.4, -0.2) is 9.97 Å². The van der Waals surface area contributed by atoms with E-state index >= 15 is 0 Å². The summed E-state index contributed by atoms with van der Waals surface area (Å²) in [7, 11) is 0. The number of aromatic nitrogens is 2. The predicted octanol–water partition coefficient (Wildman–Crippen LogP) is 3.26. The van der Waals surface area contributed by atoms with Gasteiger partial charge < -0.3 is 5.43 Å². The smallest absolute Gasteiger partial charge is 0.153 e. The van der Waals surface area contributed by atoms with E-state index in [-0.39, 0.29) is 0 Å². The molecule has 2 heterocycles. The second kappa shape index (κ2) is 4.60. The van der Waals surface area contributed by atoms with Crippen molar-refractivity contribution in [2.75, 3.05) is 5.43 Å². The van der Waals surface area contributed by atoms with Crippen molar-refractivity contribution < 1.29 is 0 Å². The third kappa shape index (κ3) is 2.07. The molecule has 0 bridgehead atoms. The minimum absolute atomic E-state index is 0.680. The fraction of sp³-hybridized carbons (Fsp3) is 0.143. The molecular formula is C14H14N4S. The molecule has 0 unspecified atom stereocenters. The van der Waals surface area contributed by atoms with E-state index in [1.54, 1.807) is 11.3 Å². The lowest BCUT2D eigenvalue weighted by Gasteiger charge is -2.06. The van der Waals surface area contributed by atoms with Gasteiger partial charge >= 0.3 is 0 Å². The average Bonchev–Trinajstić information content (AvgIpc) is 2.82. The fourth-order valence-electron chi connectivity index (χ4n) is 2.10. The van der Waals surface area contributed by atoms with Crippen molar-refractivity contribution in [1.82, 2.24) is 9.97 Å². The lowest BCUT2D eigenvalue weighted by atomic mass is 10.0. The summed E-state index contributed by atoms with van der Waals surface area (Å²) in [6.07, 6.45) is 0. The van der Waals surface area contributed by atoms with E-state index in [1.807, 2.05) is 6.92 Å². The summed E-state index contributed by atoms with van der Waals surface area (Å²) in [6.45, 7) is 3.94. The van der Waals surface area contributed by atoms with Crippen LogP contribution in [0.2, 0.25) is 0 Å². The third-order valence-corrected chi connectivity index (χ3v) is 3.92. The van der Waals surface area contributed by atoms with Crippen molar-refractivity contribution in [2.45, 2.75) is 13.8 Å². The first-order chi connectivity index (χ1) is 9.19. The maximum atomic E-state index is 5.58. The molecule has 0 aliphatic rings. The van der Waals surface area contributed by atoms with Crippen molar-refractivity contribution in [3.05, 3.63) is 41.0 Å². The largest absolute Gasteiger partial charge is 0.308 e. The minimum Gasteiger partial charge on any atom is -0.308 e. The number of fused-ring (bicyclic) bond motifs is 1. The van der Waals surface area contributed by atoms with Gasteiger partial charge in [-0.2, -0.15) is 0 Å². The highest BCUT2D eigenvalue weighted by Gasteiger charge is 2.13. The van der Waals surface area contributed by atoms with Gasteiger partial charge in [-0.15, -0.1) is 11.3 Å². The first-order valence-corrected chi connectivity index (χ1v) is 6.86. The molecule has 0 atom stereocenters. The van der Waals surface area contributed by atoms with Crippen molar-refractivity contribution in [3.63, 3.8) is 0 Å². The number of benzene rings is 1. The topological polar surface area (TPSA) is 63.8 Å². The molecule has 96 valence electrons. The van der Waals surface area contributed by atoms with Gasteiger partial charge in [-0.3, -0.25) is 0 Å². The molecule has 0 aliphatic carbocycles. The molecule has 4 nitrogen and oxygen atoms in total. The second-order valence-corrected chi connectivity index (χ2v) is 5.32. The van der Waals surface area contributed by atoms with Crippen molar-refractivity contribution >= 4 is 27.4 Å². The summed E-state index contributed by atoms with van der Waals surface area (Å²) in [5.41, 5.74) is 6.19. The van der Waals surface area contributed by atoms with Crippen LogP contribution >= 0.6 is 11.3 Å². The number of nitrogens with zero attached hydrogens (tertiary/aromatic N) is 2. The van der Waals surface area contributed by atoms with Gasteiger partial charge in [0.25, 0.3) is 0 Å². The van der Waals surface area contributed by atoms with E-state index < -0.39 is 0 Å². The van der Waals surface area contributed by atoms with E-state index in [4.69, 9.17) is 5.84 Å². The van der Waals surface area contributed by atoms with Crippen molar-refractivity contribution in [1.29, 1.82) is 0 Å². The van der Waals surface area contributed by atoms with Crippen molar-refractivity contribution in [2.24, 2.45) is 5.84 Å². The highest BCUT2D eigenvalue weighted by atomic mass is 32.1. The second-order valence-electron chi connectivity index (χ2n) is 4.46. The van der Waals surface area contributed by atoms with E-state index in [0.29, 0.717) is 5.82 Å². The molecule has 0 spiro atoms. The standard InChI is InChI=1S/C14H14N4S/c1-8-3-5-10(6-4-8)11-7-19-14-12(11)13(18-15)16-9(2)17-14/h3-7H,15H2,1-2H3,(H,16,17,18). The molecule has 5 heteroatoms. The summed E-state index contributed by atoms with van der Waals surface area (Å²) >= 11 is 1.61. The number of hydrogen-bond acceptors (Lipinski definition) is 5. The van der Waals surface area contributed by atoms with E-state index in [2.05, 4.69) is 52.0 Å². The van der Waals surface area contributed by atoms with Crippen LogP contribution in [0.25, 0.3) is 21.3 Å². The number of nitrogens with one attached hydrogen (secondary N) is 1. The van der Waals surface area contributed by atoms with Crippen LogP contribution in [0, 0.1) is 13.8 Å². The van der Waals surface area contributed by atoms with Crippen LogP contribution in [0.1, 0.15) is 11.4 Å². The molecule has 2 aromatic heterocycles. The van der Waals surface area contributed by atoms with Crippen LogP contribution in [0.5, 0.6) is 0 Å². The maximum absolute atomic E-state index is 5.58. The summed E-state index contributed by atoms with van der Waals surface area (Å²) in [5.74, 6) is 6.98. The van der Waals surface area contributed by atoms with Crippen LogP contribution in [0.3, 0.4) is 0 Å². The Morgan fingerprint density at radius 3 is 2.53 bits per heavy atom. The number of nitrogen functional groups attached to an aromatic ring is 1. The lowest BCUT2D eigenvalue weighted by Crippen LogP contribution is -2.10. The fourth-order valence-corrected chi connectivity index (χ4v) is 3.09. The Bertz CT molecular complexity index is 731. The molecule has 0 fully saturated rings. The number of anilines is 1. The Morgan fingerprint density at radius 1 is 1.11 bits per heavy atom. The van der Waals surface area contributed by atoms with Gasteiger partial charge in [0.05, 0.1) is 5.39 Å². The Balaban J connectivity index is 2.27. The van der Waals surface area contributed by atoms with Crippen LogP contribution < -0.4 is 11.3 Å². The predicted molar refractivity (Wildman–Crippen MR) is 80.1 cm³/mol. The zero-order valence-electron chi connectivity index (χ0n) is 10.8. The number of nitrogens with two attached hydrogens (primary N) is 1. The van der Waals surface area contributed by atoms with Gasteiger partial charge in [-0.05, 0) is 19.4 Å². The van der Waals surface area contributed by atoms with E-state index in [9.17, 15) is 0 Å². The molecular weight excluding hydrogens is 256 g/mol. The summed E-state index contributed by atoms with van der Waals surface area (Å²) in [5, 5.41) is 3.09. The molecule has 1 aromatic carbocycles. The van der Waals surface area contributed by atoms with Crippen LogP contribution in [-0.2, 0) is 0 Å². The zero-order chi connectivity index (χ0) is 13.4. The number of aryl methyl sites for hydroxylation is 2. The zero-order valence-corrected chi connectivity index (χ0v) is 11.6. The van der Waals surface area contributed by atoms with Crippen LogP contribution in [0.4, 0.5) is 5.82 Å². The molecule has 3 aromatic rings. The van der Waals surface area contributed by atoms with Crippen LogP contribution in [0.15, 0.2) is 29.6 Å². The van der Waals surface area contributed by atoms with Gasteiger partial charge in [0.15, 0.2) is 5.82 Å². The van der Waals surface area contributed by atoms with Gasteiger partial charge in [-0.25, -0.2) is 15.8 Å². The SMILES string of the molecule is Cc1ccc(-c2csc3nc(C)nc(NN)c23)cc1. The number of thiophene rings is 1. The van der Waals surface area contributed by atoms with E-state index in [0.717, 1.165) is 27.2 Å². The third-order valence-electron chi connectivity index (χ3n) is 3.04. The van der Waals surface area contributed by atoms with Crippen molar-refractivity contribution in [3.8, 4) is 11.1 Å². The van der Waals surface area contributed by atoms with E-state index in [1.165, 1.54) is 5.56 Å². The Morgan fingerprint density at radius 2 is 1.84 bits per heavy atom. The van der Waals surface area contributed by atoms with Gasteiger partial charge in [0.1, 0.15) is 10.7 Å². The Labute approximate surface area is 115 Å². The molecule has 3 rings (SSSR count). The molecule has 0 aliphatic heterocycles. The Kier molecular flexibility index (Phi) is 2.93. The van der Waals surface area contributed by atoms with Gasteiger partial charge in [-0.1, -0.05) is 29.8 Å². The number of hydrazine groups is 1. The molecule has 0 saturated carbocycles. The number of hydrogen-bond donors (Lipinski definition) is 2. The highest BCUT2D eigenvalue weighted by molar-refractivity contribution is 7.17. The Hall–Kier alpha value is -1.98. The van der Waals surface area contributed by atoms with Gasteiger partial charge in [0, 0.05) is 10.9 Å². The van der Waals surface area contributed by atoms with Gasteiger partial charge in [0.2, 0.25) is 0 Å². The lowest BCUT2D eigenvalue weighted by molar-refractivity contribution is 1.09. The summed E-state index contributed by atoms with van der Waals surface area (Å²) in [6, 6.07) is 8.42. The average molecular weight is 270 g/mol. The normalized spacial score (nSPS) is 10.9.